The first kappa shape index (κ1) is 14.0. The summed E-state index contributed by atoms with van der Waals surface area (Å²) in [6, 6.07) is 16.0. The third-order valence-corrected chi connectivity index (χ3v) is 4.37. The average molecular weight is 280 g/mol. The van der Waals surface area contributed by atoms with Crippen LogP contribution in [-0.4, -0.2) is 12.6 Å². The SMILES string of the molecule is CCN(c1ccc2c(c1)CCC(C)N2)c1ccccc1C. The molecule has 1 heterocycles. The summed E-state index contributed by atoms with van der Waals surface area (Å²) >= 11 is 0. The number of rotatable bonds is 3. The summed E-state index contributed by atoms with van der Waals surface area (Å²) in [6.07, 6.45) is 2.38. The Morgan fingerprint density at radius 1 is 1.19 bits per heavy atom. The molecule has 0 aromatic heterocycles. The molecule has 3 rings (SSSR count). The molecule has 2 nitrogen and oxygen atoms in total. The smallest absolute Gasteiger partial charge is 0.0440 e. The van der Waals surface area contributed by atoms with Crippen molar-refractivity contribution in [2.45, 2.75) is 39.7 Å². The van der Waals surface area contributed by atoms with Crippen LogP contribution in [0, 0.1) is 6.92 Å². The first-order valence-corrected chi connectivity index (χ1v) is 7.91. The molecule has 0 fully saturated rings. The quantitative estimate of drug-likeness (QED) is 0.860. The highest BCUT2D eigenvalue weighted by Crippen LogP contribution is 2.33. The van der Waals surface area contributed by atoms with Gasteiger partial charge in [0.25, 0.3) is 0 Å². The number of aryl methyl sites for hydroxylation is 2. The van der Waals surface area contributed by atoms with Crippen LogP contribution < -0.4 is 10.2 Å². The largest absolute Gasteiger partial charge is 0.382 e. The molecule has 1 unspecified atom stereocenters. The monoisotopic (exact) mass is 280 g/mol. The molecule has 2 aromatic carbocycles. The van der Waals surface area contributed by atoms with E-state index in [2.05, 4.69) is 73.5 Å². The maximum atomic E-state index is 3.58. The summed E-state index contributed by atoms with van der Waals surface area (Å²) in [6.45, 7) is 7.63. The van der Waals surface area contributed by atoms with Gasteiger partial charge in [-0.1, -0.05) is 18.2 Å². The molecule has 0 saturated heterocycles. The van der Waals surface area contributed by atoms with Gasteiger partial charge in [0.05, 0.1) is 0 Å². The van der Waals surface area contributed by atoms with Crippen molar-refractivity contribution < 1.29 is 0 Å². The molecule has 1 N–H and O–H groups in total. The zero-order chi connectivity index (χ0) is 14.8. The third-order valence-electron chi connectivity index (χ3n) is 4.37. The van der Waals surface area contributed by atoms with Crippen molar-refractivity contribution in [3.63, 3.8) is 0 Å². The molecule has 1 aliphatic rings. The summed E-state index contributed by atoms with van der Waals surface area (Å²) in [7, 11) is 0. The van der Waals surface area contributed by atoms with Crippen LogP contribution in [0.5, 0.6) is 0 Å². The van der Waals surface area contributed by atoms with Gasteiger partial charge < -0.3 is 10.2 Å². The van der Waals surface area contributed by atoms with Crippen molar-refractivity contribution in [3.05, 3.63) is 53.6 Å². The van der Waals surface area contributed by atoms with E-state index >= 15 is 0 Å². The van der Waals surface area contributed by atoms with Gasteiger partial charge in [-0.2, -0.15) is 0 Å². The topological polar surface area (TPSA) is 15.3 Å². The van der Waals surface area contributed by atoms with Crippen LogP contribution in [0.3, 0.4) is 0 Å². The van der Waals surface area contributed by atoms with Crippen LogP contribution in [-0.2, 0) is 6.42 Å². The fourth-order valence-electron chi connectivity index (χ4n) is 3.16. The van der Waals surface area contributed by atoms with Crippen molar-refractivity contribution in [3.8, 4) is 0 Å². The molecular weight excluding hydrogens is 256 g/mol. The van der Waals surface area contributed by atoms with E-state index in [4.69, 9.17) is 0 Å². The number of benzene rings is 2. The number of para-hydroxylation sites is 1. The lowest BCUT2D eigenvalue weighted by Gasteiger charge is -2.29. The van der Waals surface area contributed by atoms with Gasteiger partial charge >= 0.3 is 0 Å². The minimum absolute atomic E-state index is 0.585. The number of fused-ring (bicyclic) bond motifs is 1. The number of anilines is 3. The number of nitrogens with zero attached hydrogens (tertiary/aromatic N) is 1. The van der Waals surface area contributed by atoms with Crippen LogP contribution in [0.15, 0.2) is 42.5 Å². The lowest BCUT2D eigenvalue weighted by Crippen LogP contribution is -2.23. The van der Waals surface area contributed by atoms with E-state index in [0.29, 0.717) is 6.04 Å². The predicted molar refractivity (Wildman–Crippen MR) is 91.7 cm³/mol. The van der Waals surface area contributed by atoms with Crippen LogP contribution >= 0.6 is 0 Å². The second kappa shape index (κ2) is 5.80. The fraction of sp³-hybridized carbons (Fsp3) is 0.368. The van der Waals surface area contributed by atoms with E-state index in [9.17, 15) is 0 Å². The lowest BCUT2D eigenvalue weighted by molar-refractivity contribution is 0.681. The summed E-state index contributed by atoms with van der Waals surface area (Å²) in [5.41, 5.74) is 6.67. The van der Waals surface area contributed by atoms with Crippen molar-refractivity contribution in [1.29, 1.82) is 0 Å². The summed E-state index contributed by atoms with van der Waals surface area (Å²) in [5, 5.41) is 3.58. The molecule has 0 saturated carbocycles. The molecule has 21 heavy (non-hydrogen) atoms. The van der Waals surface area contributed by atoms with Gasteiger partial charge in [-0.25, -0.2) is 0 Å². The molecule has 2 heteroatoms. The highest BCUT2D eigenvalue weighted by atomic mass is 15.1. The van der Waals surface area contributed by atoms with E-state index < -0.39 is 0 Å². The molecule has 110 valence electrons. The molecule has 0 spiro atoms. The predicted octanol–water partition coefficient (Wildman–Crippen LogP) is 4.90. The van der Waals surface area contributed by atoms with E-state index in [0.717, 1.165) is 6.54 Å². The van der Waals surface area contributed by atoms with E-state index in [-0.39, 0.29) is 0 Å². The van der Waals surface area contributed by atoms with Gasteiger partial charge in [0.15, 0.2) is 0 Å². The maximum Gasteiger partial charge on any atom is 0.0440 e. The molecule has 1 atom stereocenters. The molecule has 0 bridgehead atoms. The van der Waals surface area contributed by atoms with Gasteiger partial charge in [-0.15, -0.1) is 0 Å². The average Bonchev–Trinajstić information content (AvgIpc) is 2.50. The van der Waals surface area contributed by atoms with Crippen molar-refractivity contribution >= 4 is 17.1 Å². The second-order valence-corrected chi connectivity index (χ2v) is 5.96. The Labute approximate surface area is 127 Å². The van der Waals surface area contributed by atoms with Crippen LogP contribution in [0.1, 0.15) is 31.4 Å². The van der Waals surface area contributed by atoms with Crippen molar-refractivity contribution in [1.82, 2.24) is 0 Å². The Kier molecular flexibility index (Phi) is 3.87. The fourth-order valence-corrected chi connectivity index (χ4v) is 3.16. The minimum Gasteiger partial charge on any atom is -0.382 e. The highest BCUT2D eigenvalue weighted by molar-refractivity contribution is 5.70. The third kappa shape index (κ3) is 2.76. The number of hydrogen-bond acceptors (Lipinski definition) is 2. The zero-order valence-corrected chi connectivity index (χ0v) is 13.2. The summed E-state index contributed by atoms with van der Waals surface area (Å²) < 4.78 is 0. The first-order valence-electron chi connectivity index (χ1n) is 7.91. The Morgan fingerprint density at radius 3 is 2.76 bits per heavy atom. The summed E-state index contributed by atoms with van der Waals surface area (Å²) in [5.74, 6) is 0. The number of hydrogen-bond donors (Lipinski definition) is 1. The normalized spacial score (nSPS) is 17.0. The number of nitrogens with one attached hydrogen (secondary N) is 1. The molecule has 1 aliphatic heterocycles. The van der Waals surface area contributed by atoms with Crippen molar-refractivity contribution in [2.24, 2.45) is 0 Å². The Morgan fingerprint density at radius 2 is 2.00 bits per heavy atom. The maximum absolute atomic E-state index is 3.58. The van der Waals surface area contributed by atoms with E-state index in [1.807, 2.05) is 0 Å². The second-order valence-electron chi connectivity index (χ2n) is 5.96. The summed E-state index contributed by atoms with van der Waals surface area (Å²) in [4.78, 5) is 2.40. The Bertz CT molecular complexity index is 633. The molecule has 2 aromatic rings. The molecular formula is C19H24N2. The Hall–Kier alpha value is -1.96. The van der Waals surface area contributed by atoms with Crippen molar-refractivity contribution in [2.75, 3.05) is 16.8 Å². The van der Waals surface area contributed by atoms with Crippen LogP contribution in [0.2, 0.25) is 0 Å². The van der Waals surface area contributed by atoms with Gasteiger partial charge in [-0.05, 0) is 69.0 Å². The molecule has 0 amide bonds. The van der Waals surface area contributed by atoms with E-state index in [1.165, 1.54) is 41.0 Å². The van der Waals surface area contributed by atoms with Crippen LogP contribution in [0.25, 0.3) is 0 Å². The lowest BCUT2D eigenvalue weighted by atomic mass is 9.98. The van der Waals surface area contributed by atoms with Gasteiger partial charge in [0.1, 0.15) is 0 Å². The standard InChI is InChI=1S/C19H24N2/c1-4-21(19-8-6-5-7-14(19)2)17-11-12-18-16(13-17)10-9-15(3)20-18/h5-8,11-13,15,20H,4,9-10H2,1-3H3. The molecule has 0 aliphatic carbocycles. The minimum atomic E-state index is 0.585. The Balaban J connectivity index is 1.97. The first-order chi connectivity index (χ1) is 10.2. The van der Waals surface area contributed by atoms with E-state index in [1.54, 1.807) is 0 Å². The van der Waals surface area contributed by atoms with Gasteiger partial charge in [0, 0.05) is 29.6 Å². The van der Waals surface area contributed by atoms with Crippen LogP contribution in [0.4, 0.5) is 17.1 Å². The van der Waals surface area contributed by atoms with Gasteiger partial charge in [-0.3, -0.25) is 0 Å². The molecule has 0 radical (unpaired) electrons. The highest BCUT2D eigenvalue weighted by Gasteiger charge is 2.16. The zero-order valence-electron chi connectivity index (χ0n) is 13.2. The van der Waals surface area contributed by atoms with Gasteiger partial charge in [0.2, 0.25) is 0 Å².